The molecule has 0 unspecified atom stereocenters. The number of amides is 1. The Balaban J connectivity index is 2.21. The van der Waals surface area contributed by atoms with E-state index < -0.39 is 5.91 Å². The van der Waals surface area contributed by atoms with Crippen molar-refractivity contribution < 1.29 is 9.53 Å². The van der Waals surface area contributed by atoms with Crippen LogP contribution in [0.3, 0.4) is 0 Å². The fourth-order valence-corrected chi connectivity index (χ4v) is 1.65. The number of para-hydroxylation sites is 2. The summed E-state index contributed by atoms with van der Waals surface area (Å²) in [5.41, 5.74) is 8.34. The van der Waals surface area contributed by atoms with E-state index in [-0.39, 0.29) is 5.71 Å². The molecule has 0 aliphatic rings. The normalized spacial score (nSPS) is 9.13. The van der Waals surface area contributed by atoms with E-state index in [1.807, 2.05) is 0 Å². The number of carbonyl (C=O) groups is 1. The largest absolute Gasteiger partial charge is 0.455 e. The lowest BCUT2D eigenvalue weighted by Crippen LogP contribution is -2.10. The van der Waals surface area contributed by atoms with Crippen molar-refractivity contribution in [1.82, 2.24) is 0 Å². The average Bonchev–Trinajstić information content (AvgIpc) is 2.57. The number of nitriles is 2. The lowest BCUT2D eigenvalue weighted by Gasteiger charge is -2.10. The summed E-state index contributed by atoms with van der Waals surface area (Å²) in [5, 5.41) is 21.0. The summed E-state index contributed by atoms with van der Waals surface area (Å²) in [7, 11) is 0. The van der Waals surface area contributed by atoms with E-state index >= 15 is 0 Å². The summed E-state index contributed by atoms with van der Waals surface area (Å²) in [6.07, 6.45) is 0. The van der Waals surface area contributed by atoms with E-state index in [1.165, 1.54) is 0 Å². The molecule has 0 heterocycles. The Morgan fingerprint density at radius 2 is 1.74 bits per heavy atom. The monoisotopic (exact) mass is 305 g/mol. The second-order valence-corrected chi connectivity index (χ2v) is 4.28. The minimum absolute atomic E-state index is 0.300. The van der Waals surface area contributed by atoms with Gasteiger partial charge in [0.25, 0.3) is 0 Å². The summed E-state index contributed by atoms with van der Waals surface area (Å²) in [4.78, 5) is 11.0. The Morgan fingerprint density at radius 1 is 1.09 bits per heavy atom. The van der Waals surface area contributed by atoms with Crippen molar-refractivity contribution in [2.75, 3.05) is 5.43 Å². The molecule has 0 aliphatic heterocycles. The lowest BCUT2D eigenvalue weighted by molar-refractivity contribution is 0.100. The second kappa shape index (κ2) is 7.25. The van der Waals surface area contributed by atoms with Gasteiger partial charge in [-0.25, -0.2) is 0 Å². The fourth-order valence-electron chi connectivity index (χ4n) is 1.65. The number of primary amides is 1. The maximum absolute atomic E-state index is 11.0. The number of carbonyl (C=O) groups excluding carboxylic acids is 1. The third kappa shape index (κ3) is 4.06. The van der Waals surface area contributed by atoms with Crippen LogP contribution in [0, 0.1) is 22.7 Å². The first-order chi connectivity index (χ1) is 11.1. The standard InChI is InChI=1S/C16H11N5O2/c17-9-12(10-18)20-21-14-3-1-2-4-15(14)23-13-7-5-11(6-8-13)16(19)22/h1-8,21H,(H2,19,22). The fraction of sp³-hybridized carbons (Fsp3) is 0. The van der Waals surface area contributed by atoms with Gasteiger partial charge in [0.2, 0.25) is 11.6 Å². The summed E-state index contributed by atoms with van der Waals surface area (Å²) in [6.45, 7) is 0. The number of hydrazone groups is 1. The van der Waals surface area contributed by atoms with Crippen LogP contribution in [0.5, 0.6) is 11.5 Å². The number of rotatable bonds is 5. The third-order valence-electron chi connectivity index (χ3n) is 2.75. The molecule has 23 heavy (non-hydrogen) atoms. The summed E-state index contributed by atoms with van der Waals surface area (Å²) >= 11 is 0. The smallest absolute Gasteiger partial charge is 0.248 e. The van der Waals surface area contributed by atoms with E-state index in [1.54, 1.807) is 60.7 Å². The Labute approximate surface area is 132 Å². The molecule has 2 aromatic rings. The molecule has 0 aliphatic carbocycles. The van der Waals surface area contributed by atoms with Crippen molar-refractivity contribution in [2.45, 2.75) is 0 Å². The number of hydrogen-bond donors (Lipinski definition) is 2. The predicted octanol–water partition coefficient (Wildman–Crippen LogP) is 2.39. The topological polar surface area (TPSA) is 124 Å². The van der Waals surface area contributed by atoms with Crippen LogP contribution < -0.4 is 15.9 Å². The van der Waals surface area contributed by atoms with Crippen LogP contribution >= 0.6 is 0 Å². The molecule has 0 bridgehead atoms. The van der Waals surface area contributed by atoms with Crippen molar-refractivity contribution >= 4 is 17.3 Å². The van der Waals surface area contributed by atoms with E-state index in [0.29, 0.717) is 22.7 Å². The molecule has 1 amide bonds. The number of anilines is 1. The molecule has 0 spiro atoms. The number of benzene rings is 2. The van der Waals surface area contributed by atoms with Gasteiger partial charge in [-0.3, -0.25) is 10.2 Å². The van der Waals surface area contributed by atoms with Crippen LogP contribution in [0.25, 0.3) is 0 Å². The van der Waals surface area contributed by atoms with Crippen LogP contribution in [0.1, 0.15) is 10.4 Å². The highest BCUT2D eigenvalue weighted by molar-refractivity contribution is 6.10. The molecule has 0 fully saturated rings. The Morgan fingerprint density at radius 3 is 2.35 bits per heavy atom. The molecule has 7 nitrogen and oxygen atoms in total. The highest BCUT2D eigenvalue weighted by Crippen LogP contribution is 2.29. The Hall–Kier alpha value is -3.84. The number of nitrogens with zero attached hydrogens (tertiary/aromatic N) is 3. The zero-order valence-corrected chi connectivity index (χ0v) is 11.9. The van der Waals surface area contributed by atoms with Gasteiger partial charge in [0.05, 0.1) is 5.69 Å². The summed E-state index contributed by atoms with van der Waals surface area (Å²) < 4.78 is 5.69. The molecule has 7 heteroatoms. The Kier molecular flexibility index (Phi) is 4.90. The zero-order chi connectivity index (χ0) is 16.7. The van der Waals surface area contributed by atoms with Crippen molar-refractivity contribution in [3.8, 4) is 23.6 Å². The first-order valence-electron chi connectivity index (χ1n) is 6.44. The summed E-state index contributed by atoms with van der Waals surface area (Å²) in [5.74, 6) is 0.417. The zero-order valence-electron chi connectivity index (χ0n) is 11.9. The van der Waals surface area contributed by atoms with Crippen LogP contribution in [-0.4, -0.2) is 11.6 Å². The van der Waals surface area contributed by atoms with Crippen LogP contribution in [0.15, 0.2) is 53.6 Å². The number of nitrogens with two attached hydrogens (primary N) is 1. The molecule has 2 rings (SSSR count). The van der Waals surface area contributed by atoms with E-state index in [2.05, 4.69) is 10.5 Å². The highest BCUT2D eigenvalue weighted by Gasteiger charge is 2.06. The molecular formula is C16H11N5O2. The maximum Gasteiger partial charge on any atom is 0.248 e. The van der Waals surface area contributed by atoms with Gasteiger partial charge >= 0.3 is 0 Å². The van der Waals surface area contributed by atoms with Gasteiger partial charge in [-0.15, -0.1) is 0 Å². The van der Waals surface area contributed by atoms with Gasteiger partial charge in [-0.2, -0.15) is 15.6 Å². The molecule has 0 radical (unpaired) electrons. The SMILES string of the molecule is N#CC(C#N)=NNc1ccccc1Oc1ccc(C(N)=O)cc1. The van der Waals surface area contributed by atoms with E-state index in [9.17, 15) is 4.79 Å². The average molecular weight is 305 g/mol. The van der Waals surface area contributed by atoms with Gasteiger partial charge < -0.3 is 10.5 Å². The van der Waals surface area contributed by atoms with Gasteiger partial charge in [-0.05, 0) is 36.4 Å². The summed E-state index contributed by atoms with van der Waals surface area (Å²) in [6, 6.07) is 16.5. The molecule has 3 N–H and O–H groups in total. The van der Waals surface area contributed by atoms with E-state index in [4.69, 9.17) is 21.0 Å². The van der Waals surface area contributed by atoms with Crippen LogP contribution in [0.4, 0.5) is 5.69 Å². The van der Waals surface area contributed by atoms with Gasteiger partial charge in [0.15, 0.2) is 5.75 Å². The van der Waals surface area contributed by atoms with Crippen molar-refractivity contribution in [1.29, 1.82) is 10.5 Å². The van der Waals surface area contributed by atoms with E-state index in [0.717, 1.165) is 0 Å². The van der Waals surface area contributed by atoms with Gasteiger partial charge in [-0.1, -0.05) is 12.1 Å². The number of hydrogen-bond acceptors (Lipinski definition) is 6. The van der Waals surface area contributed by atoms with Crippen molar-refractivity contribution in [3.05, 3.63) is 54.1 Å². The molecule has 0 aromatic heterocycles. The predicted molar refractivity (Wildman–Crippen MR) is 83.8 cm³/mol. The first-order valence-corrected chi connectivity index (χ1v) is 6.44. The lowest BCUT2D eigenvalue weighted by atomic mass is 10.2. The molecule has 0 saturated carbocycles. The third-order valence-corrected chi connectivity index (χ3v) is 2.75. The maximum atomic E-state index is 11.0. The van der Waals surface area contributed by atoms with Crippen molar-refractivity contribution in [2.24, 2.45) is 10.8 Å². The quantitative estimate of drug-likeness (QED) is 0.648. The van der Waals surface area contributed by atoms with Crippen molar-refractivity contribution in [3.63, 3.8) is 0 Å². The minimum atomic E-state index is -0.520. The molecule has 0 atom stereocenters. The van der Waals surface area contributed by atoms with Crippen LogP contribution in [-0.2, 0) is 0 Å². The number of nitrogens with one attached hydrogen (secondary N) is 1. The molecule has 0 saturated heterocycles. The minimum Gasteiger partial charge on any atom is -0.455 e. The van der Waals surface area contributed by atoms with Crippen LogP contribution in [0.2, 0.25) is 0 Å². The van der Waals surface area contributed by atoms with Gasteiger partial charge in [0.1, 0.15) is 17.9 Å². The number of ether oxygens (including phenoxy) is 1. The highest BCUT2D eigenvalue weighted by atomic mass is 16.5. The first kappa shape index (κ1) is 15.5. The second-order valence-electron chi connectivity index (χ2n) is 4.28. The van der Waals surface area contributed by atoms with Gasteiger partial charge in [0, 0.05) is 5.56 Å². The molecular weight excluding hydrogens is 294 g/mol. The molecule has 2 aromatic carbocycles. The molecule has 112 valence electrons. The Bertz CT molecular complexity index is 813.